The van der Waals surface area contributed by atoms with Crippen LogP contribution in [0.5, 0.6) is 0 Å². The van der Waals surface area contributed by atoms with Crippen molar-refractivity contribution in [1.82, 2.24) is 5.32 Å². The highest BCUT2D eigenvalue weighted by Gasteiger charge is 2.02. The van der Waals surface area contributed by atoms with Crippen LogP contribution in [-0.4, -0.2) is 12.5 Å². The van der Waals surface area contributed by atoms with Gasteiger partial charge in [0.25, 0.3) is 0 Å². The predicted molar refractivity (Wildman–Crippen MR) is 67.6 cm³/mol. The molecule has 0 saturated carbocycles. The van der Waals surface area contributed by atoms with E-state index in [0.717, 1.165) is 18.4 Å². The number of carbonyl (C=O) groups is 1. The number of hydrogen-bond donors (Lipinski definition) is 1. The Morgan fingerprint density at radius 2 is 2.00 bits per heavy atom. The van der Waals surface area contributed by atoms with Crippen LogP contribution in [0, 0.1) is 11.3 Å². The van der Waals surface area contributed by atoms with Crippen molar-refractivity contribution in [2.45, 2.75) is 25.7 Å². The summed E-state index contributed by atoms with van der Waals surface area (Å²) in [5.41, 5.74) is 0.948. The molecule has 0 fully saturated rings. The number of amides is 1. The Morgan fingerprint density at radius 1 is 1.29 bits per heavy atom. The molecule has 0 saturated heterocycles. The van der Waals surface area contributed by atoms with Gasteiger partial charge >= 0.3 is 0 Å². The molecule has 1 N–H and O–H groups in total. The van der Waals surface area contributed by atoms with Crippen molar-refractivity contribution in [3.05, 3.63) is 34.9 Å². The highest BCUT2D eigenvalue weighted by atomic mass is 35.5. The summed E-state index contributed by atoms with van der Waals surface area (Å²) in [4.78, 5) is 11.5. The van der Waals surface area contributed by atoms with Crippen LogP contribution in [-0.2, 0) is 11.2 Å². The molecule has 0 aliphatic heterocycles. The third-order valence-corrected chi connectivity index (χ3v) is 2.57. The van der Waals surface area contributed by atoms with Gasteiger partial charge in [-0.1, -0.05) is 23.7 Å². The number of carbonyl (C=O) groups excluding carboxylic acids is 1. The van der Waals surface area contributed by atoms with Crippen molar-refractivity contribution >= 4 is 17.5 Å². The first-order valence-corrected chi connectivity index (χ1v) is 5.98. The predicted octanol–water partition coefficient (Wildman–Crippen LogP) is 2.69. The maximum absolute atomic E-state index is 11.5. The van der Waals surface area contributed by atoms with E-state index in [1.54, 1.807) is 12.1 Å². The van der Waals surface area contributed by atoms with Crippen molar-refractivity contribution in [2.75, 3.05) is 6.54 Å². The number of benzene rings is 1. The van der Waals surface area contributed by atoms with E-state index in [1.807, 2.05) is 12.1 Å². The molecule has 1 aromatic carbocycles. The number of halogens is 1. The molecule has 1 amide bonds. The second-order valence-electron chi connectivity index (χ2n) is 3.77. The third kappa shape index (κ3) is 5.94. The molecule has 0 bridgehead atoms. The van der Waals surface area contributed by atoms with E-state index >= 15 is 0 Å². The lowest BCUT2D eigenvalue weighted by Gasteiger charge is -2.04. The van der Waals surface area contributed by atoms with Crippen molar-refractivity contribution < 1.29 is 4.79 Å². The van der Waals surface area contributed by atoms with Crippen LogP contribution in [0.25, 0.3) is 0 Å². The molecule has 1 aromatic rings. The average Bonchev–Trinajstić information content (AvgIpc) is 2.32. The van der Waals surface area contributed by atoms with E-state index in [4.69, 9.17) is 16.9 Å². The summed E-state index contributed by atoms with van der Waals surface area (Å²) in [6, 6.07) is 9.32. The minimum absolute atomic E-state index is 0.00396. The summed E-state index contributed by atoms with van der Waals surface area (Å²) in [5.74, 6) is 0.00396. The smallest absolute Gasteiger partial charge is 0.224 e. The van der Waals surface area contributed by atoms with Gasteiger partial charge in [0, 0.05) is 18.0 Å². The van der Waals surface area contributed by atoms with Gasteiger partial charge in [0.2, 0.25) is 5.91 Å². The number of rotatable bonds is 6. The Morgan fingerprint density at radius 3 is 2.65 bits per heavy atom. The molecule has 3 nitrogen and oxygen atoms in total. The first-order valence-electron chi connectivity index (χ1n) is 5.60. The molecular weight excluding hydrogens is 236 g/mol. The molecule has 0 heterocycles. The van der Waals surface area contributed by atoms with E-state index in [9.17, 15) is 4.79 Å². The maximum atomic E-state index is 11.5. The lowest BCUT2D eigenvalue weighted by atomic mass is 10.1. The Balaban J connectivity index is 2.21. The fourth-order valence-corrected chi connectivity index (χ4v) is 1.53. The molecular formula is C13H15ClN2O. The Bertz CT molecular complexity index is 395. The van der Waals surface area contributed by atoms with Crippen molar-refractivity contribution in [1.29, 1.82) is 5.26 Å². The number of nitrogens with one attached hydrogen (secondary N) is 1. The molecule has 0 aliphatic carbocycles. The zero-order chi connectivity index (χ0) is 12.5. The highest BCUT2D eigenvalue weighted by Crippen LogP contribution is 2.09. The molecule has 17 heavy (non-hydrogen) atoms. The van der Waals surface area contributed by atoms with Crippen molar-refractivity contribution in [3.8, 4) is 6.07 Å². The van der Waals surface area contributed by atoms with Gasteiger partial charge in [-0.2, -0.15) is 5.26 Å². The zero-order valence-electron chi connectivity index (χ0n) is 9.58. The number of unbranched alkanes of at least 4 members (excludes halogenated alkanes) is 2. The Hall–Kier alpha value is -1.53. The lowest BCUT2D eigenvalue weighted by Crippen LogP contribution is -2.26. The fraction of sp³-hybridized carbons (Fsp3) is 0.385. The first kappa shape index (κ1) is 13.5. The lowest BCUT2D eigenvalue weighted by molar-refractivity contribution is -0.120. The van der Waals surface area contributed by atoms with E-state index in [-0.39, 0.29) is 5.91 Å². The van der Waals surface area contributed by atoms with Gasteiger partial charge in [0.05, 0.1) is 12.5 Å². The van der Waals surface area contributed by atoms with Crippen LogP contribution in [0.4, 0.5) is 0 Å². The fourth-order valence-electron chi connectivity index (χ4n) is 1.41. The number of hydrogen-bond acceptors (Lipinski definition) is 2. The van der Waals surface area contributed by atoms with Crippen LogP contribution in [0.15, 0.2) is 24.3 Å². The van der Waals surface area contributed by atoms with Gasteiger partial charge < -0.3 is 5.32 Å². The van der Waals surface area contributed by atoms with Gasteiger partial charge in [0.15, 0.2) is 0 Å². The van der Waals surface area contributed by atoms with E-state index in [2.05, 4.69) is 11.4 Å². The standard InChI is InChI=1S/C13H15ClN2O/c14-12-6-4-11(5-7-12)10-13(17)16-9-3-1-2-8-15/h4-7H,1-3,9-10H2,(H,16,17). The van der Waals surface area contributed by atoms with Gasteiger partial charge in [-0.25, -0.2) is 0 Å². The summed E-state index contributed by atoms with van der Waals surface area (Å²) >= 11 is 5.75. The summed E-state index contributed by atoms with van der Waals surface area (Å²) in [7, 11) is 0. The molecule has 0 atom stereocenters. The first-order chi connectivity index (χ1) is 8.22. The quantitative estimate of drug-likeness (QED) is 0.790. The Kier molecular flexibility index (Phi) is 6.13. The molecule has 4 heteroatoms. The third-order valence-electron chi connectivity index (χ3n) is 2.32. The number of nitrogens with zero attached hydrogens (tertiary/aromatic N) is 1. The zero-order valence-corrected chi connectivity index (χ0v) is 10.3. The minimum atomic E-state index is 0.00396. The van der Waals surface area contributed by atoms with Crippen molar-refractivity contribution in [3.63, 3.8) is 0 Å². The van der Waals surface area contributed by atoms with Crippen LogP contribution in [0.1, 0.15) is 24.8 Å². The number of nitriles is 1. The normalized spacial score (nSPS) is 9.65. The topological polar surface area (TPSA) is 52.9 Å². The SMILES string of the molecule is N#CCCCCNC(=O)Cc1ccc(Cl)cc1. The molecule has 0 spiro atoms. The monoisotopic (exact) mass is 250 g/mol. The molecule has 0 unspecified atom stereocenters. The van der Waals surface area contributed by atoms with Gasteiger partial charge in [-0.15, -0.1) is 0 Å². The summed E-state index contributed by atoms with van der Waals surface area (Å²) in [5, 5.41) is 11.8. The molecule has 90 valence electrons. The van der Waals surface area contributed by atoms with E-state index < -0.39 is 0 Å². The molecule has 0 aromatic heterocycles. The van der Waals surface area contributed by atoms with E-state index in [1.165, 1.54) is 0 Å². The summed E-state index contributed by atoms with van der Waals surface area (Å²) in [6.07, 6.45) is 2.60. The van der Waals surface area contributed by atoms with Crippen LogP contribution < -0.4 is 5.32 Å². The second-order valence-corrected chi connectivity index (χ2v) is 4.20. The Labute approximate surface area is 106 Å². The van der Waals surface area contributed by atoms with Gasteiger partial charge in [0.1, 0.15) is 0 Å². The molecule has 0 radical (unpaired) electrons. The van der Waals surface area contributed by atoms with Crippen LogP contribution >= 0.6 is 11.6 Å². The highest BCUT2D eigenvalue weighted by molar-refractivity contribution is 6.30. The van der Waals surface area contributed by atoms with Gasteiger partial charge in [-0.05, 0) is 30.5 Å². The second kappa shape index (κ2) is 7.70. The molecule has 1 rings (SSSR count). The maximum Gasteiger partial charge on any atom is 0.224 e. The minimum Gasteiger partial charge on any atom is -0.356 e. The van der Waals surface area contributed by atoms with Crippen LogP contribution in [0.3, 0.4) is 0 Å². The molecule has 0 aliphatic rings. The van der Waals surface area contributed by atoms with Crippen LogP contribution in [0.2, 0.25) is 5.02 Å². The van der Waals surface area contributed by atoms with Crippen molar-refractivity contribution in [2.24, 2.45) is 0 Å². The largest absolute Gasteiger partial charge is 0.356 e. The summed E-state index contributed by atoms with van der Waals surface area (Å²) < 4.78 is 0. The average molecular weight is 251 g/mol. The van der Waals surface area contributed by atoms with E-state index in [0.29, 0.717) is 24.4 Å². The van der Waals surface area contributed by atoms with Gasteiger partial charge in [-0.3, -0.25) is 4.79 Å². The summed E-state index contributed by atoms with van der Waals surface area (Å²) in [6.45, 7) is 0.633.